The molecule has 0 aliphatic rings. The summed E-state index contributed by atoms with van der Waals surface area (Å²) < 4.78 is 0. The van der Waals surface area contributed by atoms with Crippen molar-refractivity contribution in [2.24, 2.45) is 5.10 Å². The van der Waals surface area contributed by atoms with E-state index >= 15 is 0 Å². The van der Waals surface area contributed by atoms with E-state index in [9.17, 15) is 4.79 Å². The number of carbonyl (C=O) groups excluding carboxylic acids is 1. The van der Waals surface area contributed by atoms with Crippen molar-refractivity contribution in [2.75, 3.05) is 0 Å². The zero-order valence-electron chi connectivity index (χ0n) is 11.8. The molecule has 1 amide bonds. The van der Waals surface area contributed by atoms with E-state index in [1.165, 1.54) is 6.21 Å². The number of pyridine rings is 1. The molecule has 23 heavy (non-hydrogen) atoms. The molecule has 0 fully saturated rings. The molecule has 0 unspecified atom stereocenters. The minimum atomic E-state index is -0.407. The van der Waals surface area contributed by atoms with Gasteiger partial charge >= 0.3 is 0 Å². The number of benzene rings is 2. The lowest BCUT2D eigenvalue weighted by molar-refractivity contribution is 0.0950. The van der Waals surface area contributed by atoms with Crippen molar-refractivity contribution >= 4 is 46.2 Å². The molecule has 0 aliphatic heterocycles. The van der Waals surface area contributed by atoms with Gasteiger partial charge in [-0.25, -0.2) is 10.4 Å². The van der Waals surface area contributed by atoms with Crippen molar-refractivity contribution in [1.82, 2.24) is 10.4 Å². The second-order valence-corrected chi connectivity index (χ2v) is 5.54. The number of aromatic nitrogens is 1. The molecule has 3 aromatic rings. The smallest absolute Gasteiger partial charge is 0.266 e. The fourth-order valence-corrected chi connectivity index (χ4v) is 2.53. The predicted molar refractivity (Wildman–Crippen MR) is 93.3 cm³/mol. The van der Waals surface area contributed by atoms with Crippen molar-refractivity contribution in [3.8, 4) is 0 Å². The molecule has 0 aliphatic carbocycles. The molecule has 0 atom stereocenters. The second-order valence-electron chi connectivity index (χ2n) is 4.72. The molecule has 114 valence electrons. The average Bonchev–Trinajstić information content (AvgIpc) is 2.57. The SMILES string of the molecule is O=C(N/N=C/c1c(Cl)cccc1Cl)c1ccc2ccccc2n1. The zero-order chi connectivity index (χ0) is 16.2. The summed E-state index contributed by atoms with van der Waals surface area (Å²) in [6, 6.07) is 16.2. The molecule has 0 spiro atoms. The number of fused-ring (bicyclic) bond motifs is 1. The highest BCUT2D eigenvalue weighted by atomic mass is 35.5. The molecule has 0 bridgehead atoms. The van der Waals surface area contributed by atoms with E-state index in [0.717, 1.165) is 10.9 Å². The van der Waals surface area contributed by atoms with Gasteiger partial charge in [0.2, 0.25) is 0 Å². The van der Waals surface area contributed by atoms with E-state index in [-0.39, 0.29) is 5.69 Å². The van der Waals surface area contributed by atoms with E-state index in [1.54, 1.807) is 24.3 Å². The van der Waals surface area contributed by atoms with Crippen LogP contribution in [-0.2, 0) is 0 Å². The molecule has 2 aromatic carbocycles. The van der Waals surface area contributed by atoms with Crippen LogP contribution in [0.2, 0.25) is 10.0 Å². The minimum absolute atomic E-state index is 0.283. The number of nitrogens with one attached hydrogen (secondary N) is 1. The van der Waals surface area contributed by atoms with Gasteiger partial charge in [0.25, 0.3) is 5.91 Å². The number of para-hydroxylation sites is 1. The zero-order valence-corrected chi connectivity index (χ0v) is 13.3. The van der Waals surface area contributed by atoms with Crippen LogP contribution in [0.15, 0.2) is 59.7 Å². The van der Waals surface area contributed by atoms with Gasteiger partial charge in [-0.15, -0.1) is 0 Å². The summed E-state index contributed by atoms with van der Waals surface area (Å²) in [6.45, 7) is 0. The number of carbonyl (C=O) groups is 1. The maximum atomic E-state index is 12.1. The van der Waals surface area contributed by atoms with Gasteiger partial charge in [-0.05, 0) is 24.3 Å². The number of hydrogen-bond donors (Lipinski definition) is 1. The van der Waals surface area contributed by atoms with Crippen LogP contribution in [0.5, 0.6) is 0 Å². The summed E-state index contributed by atoms with van der Waals surface area (Å²) in [5.41, 5.74) is 3.99. The summed E-state index contributed by atoms with van der Waals surface area (Å²) >= 11 is 12.1. The predicted octanol–water partition coefficient (Wildman–Crippen LogP) is 4.31. The van der Waals surface area contributed by atoms with Crippen molar-refractivity contribution in [3.63, 3.8) is 0 Å². The first-order chi connectivity index (χ1) is 11.1. The fraction of sp³-hybridized carbons (Fsp3) is 0. The van der Waals surface area contributed by atoms with Crippen LogP contribution in [-0.4, -0.2) is 17.1 Å². The van der Waals surface area contributed by atoms with Crippen molar-refractivity contribution < 1.29 is 4.79 Å². The van der Waals surface area contributed by atoms with Crippen LogP contribution in [0.3, 0.4) is 0 Å². The molecule has 6 heteroatoms. The monoisotopic (exact) mass is 343 g/mol. The number of nitrogens with zero attached hydrogens (tertiary/aromatic N) is 2. The van der Waals surface area contributed by atoms with Crippen molar-refractivity contribution in [3.05, 3.63) is 75.9 Å². The number of hydrogen-bond acceptors (Lipinski definition) is 3. The minimum Gasteiger partial charge on any atom is -0.266 e. The number of rotatable bonds is 3. The quantitative estimate of drug-likeness (QED) is 0.569. The lowest BCUT2D eigenvalue weighted by Gasteiger charge is -2.03. The Labute approximate surface area is 142 Å². The van der Waals surface area contributed by atoms with E-state index in [2.05, 4.69) is 15.5 Å². The summed E-state index contributed by atoms with van der Waals surface area (Å²) in [4.78, 5) is 16.4. The molecule has 0 saturated heterocycles. The van der Waals surface area contributed by atoms with Gasteiger partial charge < -0.3 is 0 Å². The molecule has 1 aromatic heterocycles. The summed E-state index contributed by atoms with van der Waals surface area (Å²) in [6.07, 6.45) is 1.41. The Bertz CT molecular complexity index is 889. The Morgan fingerprint density at radius 3 is 2.52 bits per heavy atom. The average molecular weight is 344 g/mol. The van der Waals surface area contributed by atoms with E-state index in [4.69, 9.17) is 23.2 Å². The Morgan fingerprint density at radius 2 is 1.74 bits per heavy atom. The van der Waals surface area contributed by atoms with Gasteiger partial charge in [0, 0.05) is 10.9 Å². The summed E-state index contributed by atoms with van der Waals surface area (Å²) in [5.74, 6) is -0.407. The van der Waals surface area contributed by atoms with Gasteiger partial charge in [0.15, 0.2) is 0 Å². The van der Waals surface area contributed by atoms with Gasteiger partial charge in [-0.1, -0.05) is 53.5 Å². The number of hydrazone groups is 1. The van der Waals surface area contributed by atoms with Crippen LogP contribution < -0.4 is 5.43 Å². The first-order valence-corrected chi connectivity index (χ1v) is 7.54. The topological polar surface area (TPSA) is 54.4 Å². The molecule has 4 nitrogen and oxygen atoms in total. The van der Waals surface area contributed by atoms with Crippen LogP contribution in [0.4, 0.5) is 0 Å². The molecule has 0 radical (unpaired) electrons. The van der Waals surface area contributed by atoms with Crippen LogP contribution >= 0.6 is 23.2 Å². The van der Waals surface area contributed by atoms with Crippen molar-refractivity contribution in [1.29, 1.82) is 0 Å². The molecular formula is C17H11Cl2N3O. The number of amides is 1. The standard InChI is InChI=1S/C17H11Cl2N3O/c18-13-5-3-6-14(19)12(13)10-20-22-17(23)16-9-8-11-4-1-2-7-15(11)21-16/h1-10H,(H,22,23)/b20-10+. The third-order valence-electron chi connectivity index (χ3n) is 3.19. The Balaban J connectivity index is 1.77. The first-order valence-electron chi connectivity index (χ1n) is 6.78. The number of halogens is 2. The maximum absolute atomic E-state index is 12.1. The van der Waals surface area contributed by atoms with Crippen LogP contribution in [0.1, 0.15) is 16.1 Å². The van der Waals surface area contributed by atoms with Crippen LogP contribution in [0.25, 0.3) is 10.9 Å². The van der Waals surface area contributed by atoms with Gasteiger partial charge in [-0.2, -0.15) is 5.10 Å². The van der Waals surface area contributed by atoms with Gasteiger partial charge in [-0.3, -0.25) is 4.79 Å². The lowest BCUT2D eigenvalue weighted by atomic mass is 10.2. The Morgan fingerprint density at radius 1 is 1.00 bits per heavy atom. The maximum Gasteiger partial charge on any atom is 0.289 e. The molecular weight excluding hydrogens is 333 g/mol. The third kappa shape index (κ3) is 3.50. The second kappa shape index (κ2) is 6.77. The summed E-state index contributed by atoms with van der Waals surface area (Å²) in [7, 11) is 0. The summed E-state index contributed by atoms with van der Waals surface area (Å²) in [5, 5.41) is 5.77. The Kier molecular flexibility index (Phi) is 4.55. The lowest BCUT2D eigenvalue weighted by Crippen LogP contribution is -2.19. The Hall–Kier alpha value is -2.43. The highest BCUT2D eigenvalue weighted by Crippen LogP contribution is 2.22. The molecule has 1 N–H and O–H groups in total. The van der Waals surface area contributed by atoms with Gasteiger partial charge in [0.1, 0.15) is 5.69 Å². The largest absolute Gasteiger partial charge is 0.289 e. The van der Waals surface area contributed by atoms with E-state index in [0.29, 0.717) is 15.6 Å². The molecule has 3 rings (SSSR count). The highest BCUT2D eigenvalue weighted by Gasteiger charge is 2.07. The van der Waals surface area contributed by atoms with E-state index < -0.39 is 5.91 Å². The normalized spacial score (nSPS) is 11.0. The van der Waals surface area contributed by atoms with Crippen LogP contribution in [0, 0.1) is 0 Å². The first kappa shape index (κ1) is 15.5. The highest BCUT2D eigenvalue weighted by molar-refractivity contribution is 6.38. The van der Waals surface area contributed by atoms with E-state index in [1.807, 2.05) is 30.3 Å². The van der Waals surface area contributed by atoms with Gasteiger partial charge in [0.05, 0.1) is 21.8 Å². The van der Waals surface area contributed by atoms with Crippen molar-refractivity contribution in [2.45, 2.75) is 0 Å². The molecule has 0 saturated carbocycles. The third-order valence-corrected chi connectivity index (χ3v) is 3.85. The molecule has 1 heterocycles. The fourth-order valence-electron chi connectivity index (χ4n) is 2.04.